The normalized spacial score (nSPS) is 14.9. The van der Waals surface area contributed by atoms with Crippen molar-refractivity contribution in [3.8, 4) is 0 Å². The summed E-state index contributed by atoms with van der Waals surface area (Å²) in [4.78, 5) is 10.9. The number of aliphatic hydroxyl groups is 1. The molecule has 0 radical (unpaired) electrons. The summed E-state index contributed by atoms with van der Waals surface area (Å²) < 4.78 is 4.59. The molecule has 0 aliphatic heterocycles. The second-order valence-electron chi connectivity index (χ2n) is 4.10. The largest absolute Gasteiger partial charge is 0.469 e. The van der Waals surface area contributed by atoms with Crippen molar-refractivity contribution >= 4 is 5.97 Å². The highest BCUT2D eigenvalue weighted by molar-refractivity contribution is 5.69. The third-order valence-corrected chi connectivity index (χ3v) is 2.45. The first-order valence-electron chi connectivity index (χ1n) is 5.27. The summed E-state index contributed by atoms with van der Waals surface area (Å²) >= 11 is 0. The van der Waals surface area contributed by atoms with Crippen LogP contribution in [0, 0.1) is 11.8 Å². The fourth-order valence-corrected chi connectivity index (χ4v) is 1.38. The Kier molecular flexibility index (Phi) is 7.48. The van der Waals surface area contributed by atoms with E-state index in [9.17, 15) is 4.79 Å². The molecule has 0 saturated carbocycles. The van der Waals surface area contributed by atoms with E-state index in [0.717, 1.165) is 19.3 Å². The average molecular weight is 202 g/mol. The minimum atomic E-state index is -0.132. The fraction of sp³-hybridized carbons (Fsp3) is 0.909. The lowest BCUT2D eigenvalue weighted by Crippen LogP contribution is -2.08. The molecule has 0 aromatic carbocycles. The highest BCUT2D eigenvalue weighted by Gasteiger charge is 2.09. The third kappa shape index (κ3) is 6.89. The molecule has 0 aromatic rings. The second kappa shape index (κ2) is 7.80. The first-order chi connectivity index (χ1) is 6.60. The first kappa shape index (κ1) is 13.4. The van der Waals surface area contributed by atoms with Crippen LogP contribution in [0.5, 0.6) is 0 Å². The van der Waals surface area contributed by atoms with Gasteiger partial charge in [0, 0.05) is 13.0 Å². The number of methoxy groups -OCH3 is 1. The van der Waals surface area contributed by atoms with Crippen molar-refractivity contribution in [2.75, 3.05) is 13.7 Å². The SMILES string of the molecule is COC(=O)C[C@H](C)CCC[C@H](C)CO. The lowest BCUT2D eigenvalue weighted by molar-refractivity contribution is -0.141. The molecule has 3 nitrogen and oxygen atoms in total. The van der Waals surface area contributed by atoms with Crippen molar-refractivity contribution in [1.29, 1.82) is 0 Å². The molecule has 84 valence electrons. The molecule has 1 N–H and O–H groups in total. The summed E-state index contributed by atoms with van der Waals surface area (Å²) in [6.07, 6.45) is 3.63. The summed E-state index contributed by atoms with van der Waals surface area (Å²) in [5.41, 5.74) is 0. The molecule has 0 rings (SSSR count). The van der Waals surface area contributed by atoms with Gasteiger partial charge in [0.15, 0.2) is 0 Å². The maximum Gasteiger partial charge on any atom is 0.305 e. The summed E-state index contributed by atoms with van der Waals surface area (Å²) in [7, 11) is 1.42. The quantitative estimate of drug-likeness (QED) is 0.642. The summed E-state index contributed by atoms with van der Waals surface area (Å²) in [6, 6.07) is 0. The van der Waals surface area contributed by atoms with Crippen molar-refractivity contribution in [1.82, 2.24) is 0 Å². The molecule has 0 bridgehead atoms. The van der Waals surface area contributed by atoms with Gasteiger partial charge >= 0.3 is 5.97 Å². The van der Waals surface area contributed by atoms with Crippen LogP contribution >= 0.6 is 0 Å². The van der Waals surface area contributed by atoms with Gasteiger partial charge in [0.25, 0.3) is 0 Å². The topological polar surface area (TPSA) is 46.5 Å². The molecule has 0 unspecified atom stereocenters. The summed E-state index contributed by atoms with van der Waals surface area (Å²) in [5, 5.41) is 8.81. The molecule has 0 amide bonds. The number of carbonyl (C=O) groups excluding carboxylic acids is 1. The number of carbonyl (C=O) groups is 1. The number of aliphatic hydroxyl groups excluding tert-OH is 1. The van der Waals surface area contributed by atoms with E-state index in [2.05, 4.69) is 11.7 Å². The van der Waals surface area contributed by atoms with Crippen molar-refractivity contribution in [2.45, 2.75) is 39.5 Å². The van der Waals surface area contributed by atoms with Gasteiger partial charge in [-0.25, -0.2) is 0 Å². The van der Waals surface area contributed by atoms with Crippen LogP contribution in [0.25, 0.3) is 0 Å². The van der Waals surface area contributed by atoms with Crippen LogP contribution in [-0.4, -0.2) is 24.8 Å². The van der Waals surface area contributed by atoms with E-state index in [4.69, 9.17) is 5.11 Å². The van der Waals surface area contributed by atoms with Crippen LogP contribution in [0.1, 0.15) is 39.5 Å². The number of hydrogen-bond donors (Lipinski definition) is 1. The van der Waals surface area contributed by atoms with Gasteiger partial charge in [0.1, 0.15) is 0 Å². The smallest absolute Gasteiger partial charge is 0.305 e. The van der Waals surface area contributed by atoms with Crippen LogP contribution < -0.4 is 0 Å². The van der Waals surface area contributed by atoms with Gasteiger partial charge in [-0.05, 0) is 18.3 Å². The van der Waals surface area contributed by atoms with Crippen LogP contribution in [-0.2, 0) is 9.53 Å². The number of esters is 1. The van der Waals surface area contributed by atoms with E-state index in [1.165, 1.54) is 7.11 Å². The minimum Gasteiger partial charge on any atom is -0.469 e. The molecule has 14 heavy (non-hydrogen) atoms. The Hall–Kier alpha value is -0.570. The number of ether oxygens (including phenoxy) is 1. The van der Waals surface area contributed by atoms with E-state index in [1.54, 1.807) is 0 Å². The maximum absolute atomic E-state index is 10.9. The Balaban J connectivity index is 3.44. The van der Waals surface area contributed by atoms with Crippen LogP contribution in [0.4, 0.5) is 0 Å². The molecular formula is C11H22O3. The molecule has 0 aliphatic carbocycles. The van der Waals surface area contributed by atoms with Crippen molar-refractivity contribution in [3.63, 3.8) is 0 Å². The van der Waals surface area contributed by atoms with Crippen LogP contribution in [0.2, 0.25) is 0 Å². The summed E-state index contributed by atoms with van der Waals surface area (Å²) in [6.45, 7) is 4.34. The van der Waals surface area contributed by atoms with E-state index < -0.39 is 0 Å². The molecule has 0 aromatic heterocycles. The summed E-state index contributed by atoms with van der Waals surface area (Å²) in [5.74, 6) is 0.626. The lowest BCUT2D eigenvalue weighted by atomic mass is 9.97. The van der Waals surface area contributed by atoms with Crippen LogP contribution in [0.3, 0.4) is 0 Å². The second-order valence-corrected chi connectivity index (χ2v) is 4.10. The molecule has 0 heterocycles. The lowest BCUT2D eigenvalue weighted by Gasteiger charge is -2.11. The van der Waals surface area contributed by atoms with Gasteiger partial charge in [0.2, 0.25) is 0 Å². The van der Waals surface area contributed by atoms with Gasteiger partial charge < -0.3 is 9.84 Å². The van der Waals surface area contributed by atoms with Gasteiger partial charge in [-0.3, -0.25) is 4.79 Å². The molecule has 0 spiro atoms. The molecule has 2 atom stereocenters. The van der Waals surface area contributed by atoms with Crippen molar-refractivity contribution in [2.24, 2.45) is 11.8 Å². The minimum absolute atomic E-state index is 0.132. The van der Waals surface area contributed by atoms with Gasteiger partial charge in [-0.1, -0.05) is 26.7 Å². The Labute approximate surface area is 86.5 Å². The Bertz CT molecular complexity index is 157. The molecule has 3 heteroatoms. The van der Waals surface area contributed by atoms with Gasteiger partial charge in [0.05, 0.1) is 7.11 Å². The van der Waals surface area contributed by atoms with E-state index in [0.29, 0.717) is 18.3 Å². The van der Waals surface area contributed by atoms with E-state index >= 15 is 0 Å². The predicted molar refractivity (Wildman–Crippen MR) is 55.9 cm³/mol. The zero-order chi connectivity index (χ0) is 11.0. The maximum atomic E-state index is 10.9. The van der Waals surface area contributed by atoms with Crippen molar-refractivity contribution < 1.29 is 14.6 Å². The Morgan fingerprint density at radius 3 is 2.36 bits per heavy atom. The zero-order valence-electron chi connectivity index (χ0n) is 9.45. The zero-order valence-corrected chi connectivity index (χ0v) is 9.45. The highest BCUT2D eigenvalue weighted by atomic mass is 16.5. The molecular weight excluding hydrogens is 180 g/mol. The van der Waals surface area contributed by atoms with E-state index in [1.807, 2.05) is 6.92 Å². The number of rotatable bonds is 7. The predicted octanol–water partition coefficient (Wildman–Crippen LogP) is 1.98. The first-order valence-corrected chi connectivity index (χ1v) is 5.27. The number of hydrogen-bond acceptors (Lipinski definition) is 3. The van der Waals surface area contributed by atoms with Crippen molar-refractivity contribution in [3.05, 3.63) is 0 Å². The average Bonchev–Trinajstić information content (AvgIpc) is 2.17. The Morgan fingerprint density at radius 2 is 1.86 bits per heavy atom. The highest BCUT2D eigenvalue weighted by Crippen LogP contribution is 2.15. The fourth-order valence-electron chi connectivity index (χ4n) is 1.38. The van der Waals surface area contributed by atoms with Crippen LogP contribution in [0.15, 0.2) is 0 Å². The monoisotopic (exact) mass is 202 g/mol. The van der Waals surface area contributed by atoms with Gasteiger partial charge in [-0.2, -0.15) is 0 Å². The standard InChI is InChI=1S/C11H22O3/c1-9(7-11(13)14-3)5-4-6-10(2)8-12/h9-10,12H,4-8H2,1-3H3/t9-,10+/m1/s1. The molecule has 0 saturated heterocycles. The van der Waals surface area contributed by atoms with E-state index in [-0.39, 0.29) is 12.6 Å². The molecule has 0 aliphatic rings. The third-order valence-electron chi connectivity index (χ3n) is 2.45. The Morgan fingerprint density at radius 1 is 1.29 bits per heavy atom. The van der Waals surface area contributed by atoms with Gasteiger partial charge in [-0.15, -0.1) is 0 Å². The molecule has 0 fully saturated rings.